The average Bonchev–Trinajstić information content (AvgIpc) is 3.08. The van der Waals surface area contributed by atoms with E-state index in [4.69, 9.17) is 4.98 Å². The maximum absolute atomic E-state index is 4.95. The molecule has 0 bridgehead atoms. The van der Waals surface area contributed by atoms with Gasteiger partial charge in [-0.15, -0.1) is 0 Å². The molecule has 0 aliphatic heterocycles. The third-order valence-electron chi connectivity index (χ3n) is 4.44. The van der Waals surface area contributed by atoms with Gasteiger partial charge in [0.1, 0.15) is 5.82 Å². The Morgan fingerprint density at radius 2 is 1.67 bits per heavy atom. The van der Waals surface area contributed by atoms with Crippen molar-refractivity contribution in [2.45, 2.75) is 26.2 Å². The average molecular weight is 421 g/mol. The van der Waals surface area contributed by atoms with Crippen molar-refractivity contribution < 1.29 is 0 Å². The second-order valence-corrected chi connectivity index (χ2v) is 8.48. The lowest BCUT2D eigenvalue weighted by atomic mass is 9.92. The van der Waals surface area contributed by atoms with E-state index >= 15 is 0 Å². The highest BCUT2D eigenvalue weighted by Gasteiger charge is 2.20. The summed E-state index contributed by atoms with van der Waals surface area (Å²) < 4.78 is 2.92. The molecule has 4 nitrogen and oxygen atoms in total. The number of hydrogen-bond acceptors (Lipinski definition) is 3. The van der Waals surface area contributed by atoms with Gasteiger partial charge in [-0.2, -0.15) is 9.61 Å². The van der Waals surface area contributed by atoms with E-state index in [1.807, 2.05) is 53.2 Å². The number of aromatic nitrogens is 3. The highest BCUT2D eigenvalue weighted by molar-refractivity contribution is 9.10. The summed E-state index contributed by atoms with van der Waals surface area (Å²) in [6, 6.07) is 20.5. The third kappa shape index (κ3) is 3.60. The molecule has 4 rings (SSSR count). The van der Waals surface area contributed by atoms with Gasteiger partial charge in [0.2, 0.25) is 0 Å². The summed E-state index contributed by atoms with van der Waals surface area (Å²) in [7, 11) is 0. The third-order valence-corrected chi connectivity index (χ3v) is 4.97. The first kappa shape index (κ1) is 17.7. The quantitative estimate of drug-likeness (QED) is 0.428. The van der Waals surface area contributed by atoms with Crippen molar-refractivity contribution >= 4 is 33.1 Å². The van der Waals surface area contributed by atoms with Crippen molar-refractivity contribution in [2.24, 2.45) is 0 Å². The fourth-order valence-corrected chi connectivity index (χ4v) is 3.20. The maximum atomic E-state index is 4.95. The van der Waals surface area contributed by atoms with Crippen molar-refractivity contribution in [1.29, 1.82) is 0 Å². The van der Waals surface area contributed by atoms with E-state index in [1.165, 1.54) is 0 Å². The standard InChI is InChI=1S/C22H21BrN4/c1-22(2,3)19-13-20(25-17-11-9-16(23)10-12-17)27-21(26-19)18(14-24-27)15-7-5-4-6-8-15/h4-14,25H,1-3H3. The highest BCUT2D eigenvalue weighted by atomic mass is 79.9. The van der Waals surface area contributed by atoms with Crippen LogP contribution in [0.25, 0.3) is 16.8 Å². The normalized spacial score (nSPS) is 11.7. The first-order valence-corrected chi connectivity index (χ1v) is 9.68. The summed E-state index contributed by atoms with van der Waals surface area (Å²) in [5.74, 6) is 0.898. The van der Waals surface area contributed by atoms with Crippen molar-refractivity contribution in [2.75, 3.05) is 5.32 Å². The minimum Gasteiger partial charge on any atom is -0.340 e. The van der Waals surface area contributed by atoms with Crippen LogP contribution < -0.4 is 5.32 Å². The second-order valence-electron chi connectivity index (χ2n) is 7.57. The molecule has 0 amide bonds. The van der Waals surface area contributed by atoms with Crippen molar-refractivity contribution in [1.82, 2.24) is 14.6 Å². The SMILES string of the molecule is CC(C)(C)c1cc(Nc2ccc(Br)cc2)n2ncc(-c3ccccc3)c2n1. The zero-order valence-electron chi connectivity index (χ0n) is 15.6. The van der Waals surface area contributed by atoms with Gasteiger partial charge in [-0.05, 0) is 29.8 Å². The lowest BCUT2D eigenvalue weighted by Crippen LogP contribution is -2.16. The van der Waals surface area contributed by atoms with E-state index in [1.54, 1.807) is 0 Å². The fourth-order valence-electron chi connectivity index (χ4n) is 2.94. The lowest BCUT2D eigenvalue weighted by molar-refractivity contribution is 0.569. The number of anilines is 2. The van der Waals surface area contributed by atoms with Crippen LogP contribution in [0.5, 0.6) is 0 Å². The van der Waals surface area contributed by atoms with E-state index in [9.17, 15) is 0 Å². The molecule has 0 unspecified atom stereocenters. The van der Waals surface area contributed by atoms with Crippen LogP contribution in [-0.4, -0.2) is 14.6 Å². The van der Waals surface area contributed by atoms with Crippen LogP contribution in [0.15, 0.2) is 71.3 Å². The number of nitrogens with zero attached hydrogens (tertiary/aromatic N) is 3. The van der Waals surface area contributed by atoms with Crippen LogP contribution in [0, 0.1) is 0 Å². The Labute approximate surface area is 167 Å². The number of halogens is 1. The highest BCUT2D eigenvalue weighted by Crippen LogP contribution is 2.30. The molecule has 0 saturated heterocycles. The molecule has 0 atom stereocenters. The molecule has 0 saturated carbocycles. The molecule has 2 aromatic heterocycles. The molecule has 0 spiro atoms. The van der Waals surface area contributed by atoms with E-state index < -0.39 is 0 Å². The van der Waals surface area contributed by atoms with Crippen LogP contribution >= 0.6 is 15.9 Å². The molecule has 4 aromatic rings. The number of benzene rings is 2. The number of nitrogens with one attached hydrogen (secondary N) is 1. The van der Waals surface area contributed by atoms with Gasteiger partial charge in [0.15, 0.2) is 5.65 Å². The molecule has 0 radical (unpaired) electrons. The minimum absolute atomic E-state index is 0.0733. The topological polar surface area (TPSA) is 42.2 Å². The van der Waals surface area contributed by atoms with Crippen molar-refractivity contribution in [3.05, 3.63) is 77.0 Å². The van der Waals surface area contributed by atoms with Crippen LogP contribution in [0.4, 0.5) is 11.5 Å². The van der Waals surface area contributed by atoms with Crippen molar-refractivity contribution in [3.8, 4) is 11.1 Å². The Morgan fingerprint density at radius 1 is 0.963 bits per heavy atom. The second kappa shape index (κ2) is 6.82. The molecule has 2 heterocycles. The Hall–Kier alpha value is -2.66. The van der Waals surface area contributed by atoms with E-state index in [2.05, 4.69) is 65.3 Å². The maximum Gasteiger partial charge on any atom is 0.165 e. The molecule has 0 aliphatic rings. The Morgan fingerprint density at radius 3 is 2.33 bits per heavy atom. The van der Waals surface area contributed by atoms with Gasteiger partial charge in [0.05, 0.1) is 11.9 Å². The Balaban J connectivity index is 1.89. The smallest absolute Gasteiger partial charge is 0.165 e. The van der Waals surface area contributed by atoms with Gasteiger partial charge in [-0.3, -0.25) is 0 Å². The summed E-state index contributed by atoms with van der Waals surface area (Å²) in [5.41, 5.74) is 4.94. The van der Waals surface area contributed by atoms with Gasteiger partial charge < -0.3 is 5.32 Å². The monoisotopic (exact) mass is 420 g/mol. The van der Waals surface area contributed by atoms with Gasteiger partial charge >= 0.3 is 0 Å². The van der Waals surface area contributed by atoms with Gasteiger partial charge in [0.25, 0.3) is 0 Å². The summed E-state index contributed by atoms with van der Waals surface area (Å²) >= 11 is 3.48. The largest absolute Gasteiger partial charge is 0.340 e. The van der Waals surface area contributed by atoms with Crippen LogP contribution in [0.3, 0.4) is 0 Å². The molecule has 1 N–H and O–H groups in total. The molecule has 5 heteroatoms. The summed E-state index contributed by atoms with van der Waals surface area (Å²) in [4.78, 5) is 4.95. The summed E-state index contributed by atoms with van der Waals surface area (Å²) in [5, 5.41) is 8.11. The molecular weight excluding hydrogens is 400 g/mol. The Bertz CT molecular complexity index is 1080. The van der Waals surface area contributed by atoms with Crippen molar-refractivity contribution in [3.63, 3.8) is 0 Å². The summed E-state index contributed by atoms with van der Waals surface area (Å²) in [6.07, 6.45) is 1.89. The number of rotatable bonds is 3. The predicted octanol–water partition coefficient (Wildman–Crippen LogP) is 6.20. The van der Waals surface area contributed by atoms with E-state index in [0.29, 0.717) is 0 Å². The molecule has 136 valence electrons. The van der Waals surface area contributed by atoms with Crippen LogP contribution in [0.2, 0.25) is 0 Å². The predicted molar refractivity (Wildman–Crippen MR) is 115 cm³/mol. The van der Waals surface area contributed by atoms with Crippen LogP contribution in [0.1, 0.15) is 26.5 Å². The first-order valence-electron chi connectivity index (χ1n) is 8.89. The fraction of sp³-hybridized carbons (Fsp3) is 0.182. The molecule has 2 aromatic carbocycles. The number of hydrogen-bond donors (Lipinski definition) is 1. The van der Waals surface area contributed by atoms with Gasteiger partial charge in [0, 0.05) is 27.2 Å². The molecule has 0 fully saturated rings. The Kier molecular flexibility index (Phi) is 4.48. The molecule has 0 aliphatic carbocycles. The minimum atomic E-state index is -0.0733. The van der Waals surface area contributed by atoms with E-state index in [0.717, 1.165) is 38.4 Å². The molecule has 27 heavy (non-hydrogen) atoms. The first-order chi connectivity index (χ1) is 12.9. The van der Waals surface area contributed by atoms with Gasteiger partial charge in [-0.25, -0.2) is 4.98 Å². The zero-order valence-corrected chi connectivity index (χ0v) is 17.2. The summed E-state index contributed by atoms with van der Waals surface area (Å²) in [6.45, 7) is 6.52. The van der Waals surface area contributed by atoms with Crippen LogP contribution in [-0.2, 0) is 5.41 Å². The van der Waals surface area contributed by atoms with Gasteiger partial charge in [-0.1, -0.05) is 67.0 Å². The zero-order chi connectivity index (χ0) is 19.0. The molecular formula is C22H21BrN4. The number of fused-ring (bicyclic) bond motifs is 1. The van der Waals surface area contributed by atoms with E-state index in [-0.39, 0.29) is 5.41 Å². The lowest BCUT2D eigenvalue weighted by Gasteiger charge is -2.20.